The van der Waals surface area contributed by atoms with Crippen LogP contribution in [0.2, 0.25) is 0 Å². The Bertz CT molecular complexity index is 1150. The average molecular weight is 394 g/mol. The molecule has 9 heteroatoms. The summed E-state index contributed by atoms with van der Waals surface area (Å²) in [5.41, 5.74) is 7.69. The summed E-state index contributed by atoms with van der Waals surface area (Å²) in [4.78, 5) is 30.0. The van der Waals surface area contributed by atoms with Crippen LogP contribution in [0.5, 0.6) is 0 Å². The number of amides is 2. The van der Waals surface area contributed by atoms with Crippen LogP contribution in [0.3, 0.4) is 0 Å². The highest BCUT2D eigenvalue weighted by atomic mass is 32.1. The molecular formula is C19H18N6O2S. The Morgan fingerprint density at radius 2 is 2.25 bits per heavy atom. The molecule has 1 aliphatic heterocycles. The number of benzene rings is 1. The standard InChI is InChI=1S/C19H18N6O2S/c1-21-19-22-17-15(28-19)14(16(20)26)23-25(17)13-5-3-4-11(10-13)6-7-12-8-9-24(2)18(12)27/h3-5,10,12H,8-9H2,1-2H3,(H2,20,26)(H,21,22). The SMILES string of the molecule is CNc1nc2c(s1)c(C(N)=O)nn2-c1cccc(C#CC2CCN(C)C2=O)c1. The van der Waals surface area contributed by atoms with Crippen LogP contribution in [0.25, 0.3) is 16.0 Å². The average Bonchev–Trinajstić information content (AvgIpc) is 3.34. The van der Waals surface area contributed by atoms with Gasteiger partial charge in [0, 0.05) is 26.2 Å². The van der Waals surface area contributed by atoms with Crippen molar-refractivity contribution in [1.29, 1.82) is 0 Å². The molecule has 0 saturated carbocycles. The molecule has 3 N–H and O–H groups in total. The fourth-order valence-electron chi connectivity index (χ4n) is 3.09. The second kappa shape index (κ2) is 6.98. The Balaban J connectivity index is 1.73. The number of hydrogen-bond acceptors (Lipinski definition) is 6. The first-order chi connectivity index (χ1) is 13.5. The number of primary amides is 1. The highest BCUT2D eigenvalue weighted by Crippen LogP contribution is 2.30. The van der Waals surface area contributed by atoms with E-state index >= 15 is 0 Å². The fraction of sp³-hybridized carbons (Fsp3) is 0.263. The maximum atomic E-state index is 12.0. The molecule has 1 atom stereocenters. The predicted octanol–water partition coefficient (Wildman–Crippen LogP) is 1.45. The van der Waals surface area contributed by atoms with E-state index in [1.165, 1.54) is 11.3 Å². The zero-order valence-corrected chi connectivity index (χ0v) is 16.2. The van der Waals surface area contributed by atoms with Gasteiger partial charge in [-0.3, -0.25) is 9.59 Å². The summed E-state index contributed by atoms with van der Waals surface area (Å²) in [5.74, 6) is 5.34. The minimum Gasteiger partial charge on any atom is -0.365 e. The largest absolute Gasteiger partial charge is 0.365 e. The van der Waals surface area contributed by atoms with Crippen LogP contribution in [0.15, 0.2) is 24.3 Å². The lowest BCUT2D eigenvalue weighted by Crippen LogP contribution is -2.21. The van der Waals surface area contributed by atoms with E-state index in [1.54, 1.807) is 23.7 Å². The molecule has 1 fully saturated rings. The van der Waals surface area contributed by atoms with E-state index in [9.17, 15) is 9.59 Å². The van der Waals surface area contributed by atoms with Crippen molar-refractivity contribution < 1.29 is 9.59 Å². The zero-order valence-electron chi connectivity index (χ0n) is 15.4. The quantitative estimate of drug-likeness (QED) is 0.654. The number of hydrogen-bond donors (Lipinski definition) is 2. The Morgan fingerprint density at radius 1 is 1.43 bits per heavy atom. The number of rotatable bonds is 3. The van der Waals surface area contributed by atoms with Crippen LogP contribution in [0, 0.1) is 17.8 Å². The minimum atomic E-state index is -0.602. The topological polar surface area (TPSA) is 106 Å². The van der Waals surface area contributed by atoms with Gasteiger partial charge >= 0.3 is 0 Å². The maximum absolute atomic E-state index is 12.0. The molecule has 1 aliphatic rings. The van der Waals surface area contributed by atoms with Gasteiger partial charge in [-0.15, -0.1) is 0 Å². The Hall–Kier alpha value is -3.38. The molecule has 4 rings (SSSR count). The summed E-state index contributed by atoms with van der Waals surface area (Å²) in [7, 11) is 3.55. The molecule has 1 unspecified atom stereocenters. The van der Waals surface area contributed by atoms with Crippen molar-refractivity contribution in [2.45, 2.75) is 6.42 Å². The monoisotopic (exact) mass is 394 g/mol. The molecule has 1 aromatic carbocycles. The number of nitrogens with zero attached hydrogens (tertiary/aromatic N) is 4. The van der Waals surface area contributed by atoms with Crippen LogP contribution in [0.1, 0.15) is 22.5 Å². The highest BCUT2D eigenvalue weighted by Gasteiger charge is 2.27. The zero-order chi connectivity index (χ0) is 19.8. The van der Waals surface area contributed by atoms with Crippen LogP contribution in [-0.2, 0) is 4.79 Å². The Kier molecular flexibility index (Phi) is 4.49. The lowest BCUT2D eigenvalue weighted by molar-refractivity contribution is -0.128. The van der Waals surface area contributed by atoms with Crippen molar-refractivity contribution in [1.82, 2.24) is 19.7 Å². The normalized spacial score (nSPS) is 16.3. The highest BCUT2D eigenvalue weighted by molar-refractivity contribution is 7.22. The molecule has 3 heterocycles. The first-order valence-corrected chi connectivity index (χ1v) is 9.53. The maximum Gasteiger partial charge on any atom is 0.270 e. The second-order valence-corrected chi connectivity index (χ2v) is 7.47. The van der Waals surface area contributed by atoms with Crippen LogP contribution >= 0.6 is 11.3 Å². The molecule has 8 nitrogen and oxygen atoms in total. The third-order valence-electron chi connectivity index (χ3n) is 4.58. The predicted molar refractivity (Wildman–Crippen MR) is 107 cm³/mol. The number of likely N-dealkylation sites (tertiary alicyclic amines) is 1. The Labute approximate surface area is 165 Å². The van der Waals surface area contributed by atoms with E-state index in [0.29, 0.717) is 21.2 Å². The molecule has 1 saturated heterocycles. The van der Waals surface area contributed by atoms with E-state index < -0.39 is 5.91 Å². The summed E-state index contributed by atoms with van der Waals surface area (Å²) in [5, 5.41) is 7.99. The van der Waals surface area contributed by atoms with Crippen molar-refractivity contribution in [3.63, 3.8) is 0 Å². The summed E-state index contributed by atoms with van der Waals surface area (Å²) < 4.78 is 2.22. The molecule has 0 aliphatic carbocycles. The number of thiazole rings is 1. The summed E-state index contributed by atoms with van der Waals surface area (Å²) in [6.45, 7) is 0.733. The fourth-order valence-corrected chi connectivity index (χ4v) is 3.98. The number of carbonyl (C=O) groups is 2. The number of fused-ring (bicyclic) bond motifs is 1. The van der Waals surface area contributed by atoms with Gasteiger partial charge in [0.25, 0.3) is 5.91 Å². The molecule has 28 heavy (non-hydrogen) atoms. The Morgan fingerprint density at radius 3 is 2.93 bits per heavy atom. The number of aromatic nitrogens is 3. The first kappa shape index (κ1) is 18.0. The number of anilines is 1. The van der Waals surface area contributed by atoms with Crippen molar-refractivity contribution in [2.24, 2.45) is 11.7 Å². The number of nitrogens with one attached hydrogen (secondary N) is 1. The lowest BCUT2D eigenvalue weighted by atomic mass is 10.1. The van der Waals surface area contributed by atoms with Gasteiger partial charge in [0.05, 0.1) is 5.69 Å². The van der Waals surface area contributed by atoms with E-state index in [1.807, 2.05) is 24.3 Å². The van der Waals surface area contributed by atoms with E-state index in [0.717, 1.165) is 18.5 Å². The molecule has 0 bridgehead atoms. The third kappa shape index (κ3) is 3.08. The smallest absolute Gasteiger partial charge is 0.270 e. The van der Waals surface area contributed by atoms with Crippen molar-refractivity contribution >= 4 is 38.6 Å². The molecule has 0 spiro atoms. The van der Waals surface area contributed by atoms with Gasteiger partial charge in [-0.05, 0) is 24.6 Å². The van der Waals surface area contributed by atoms with Gasteiger partial charge in [0.2, 0.25) is 5.91 Å². The van der Waals surface area contributed by atoms with Crippen molar-refractivity contribution in [3.05, 3.63) is 35.5 Å². The van der Waals surface area contributed by atoms with Crippen LogP contribution in [0.4, 0.5) is 5.13 Å². The van der Waals surface area contributed by atoms with E-state index in [2.05, 4.69) is 27.2 Å². The first-order valence-electron chi connectivity index (χ1n) is 8.72. The lowest BCUT2D eigenvalue weighted by Gasteiger charge is -2.05. The van der Waals surface area contributed by atoms with Gasteiger partial charge in [-0.2, -0.15) is 10.1 Å². The molecule has 142 valence electrons. The van der Waals surface area contributed by atoms with Crippen molar-refractivity contribution in [2.75, 3.05) is 26.0 Å². The van der Waals surface area contributed by atoms with Crippen molar-refractivity contribution in [3.8, 4) is 17.5 Å². The van der Waals surface area contributed by atoms with Crippen LogP contribution < -0.4 is 11.1 Å². The number of carbonyl (C=O) groups excluding carboxylic acids is 2. The van der Waals surface area contributed by atoms with Gasteiger partial charge in [0.15, 0.2) is 16.5 Å². The van der Waals surface area contributed by atoms with Crippen LogP contribution in [-0.4, -0.2) is 52.1 Å². The molecule has 2 aromatic heterocycles. The van der Waals surface area contributed by atoms with E-state index in [4.69, 9.17) is 5.73 Å². The van der Waals surface area contributed by atoms with E-state index in [-0.39, 0.29) is 17.5 Å². The molecular weight excluding hydrogens is 376 g/mol. The summed E-state index contributed by atoms with van der Waals surface area (Å²) in [6, 6.07) is 7.43. The minimum absolute atomic E-state index is 0.0607. The van der Waals surface area contributed by atoms with Gasteiger partial charge in [-0.1, -0.05) is 29.2 Å². The van der Waals surface area contributed by atoms with Gasteiger partial charge in [0.1, 0.15) is 10.6 Å². The second-order valence-electron chi connectivity index (χ2n) is 6.47. The van der Waals surface area contributed by atoms with Gasteiger partial charge in [-0.25, -0.2) is 4.68 Å². The van der Waals surface area contributed by atoms with Gasteiger partial charge < -0.3 is 16.0 Å². The number of nitrogens with two attached hydrogens (primary N) is 1. The third-order valence-corrected chi connectivity index (χ3v) is 5.65. The summed E-state index contributed by atoms with van der Waals surface area (Å²) >= 11 is 1.32. The molecule has 2 amide bonds. The molecule has 0 radical (unpaired) electrons. The molecule has 3 aromatic rings. The summed E-state index contributed by atoms with van der Waals surface area (Å²) in [6.07, 6.45) is 0.745.